The van der Waals surface area contributed by atoms with Gasteiger partial charge in [-0.2, -0.15) is 0 Å². The maximum Gasteiger partial charge on any atom is 0.186 e. The second-order valence-corrected chi connectivity index (χ2v) is 3.56. The van der Waals surface area contributed by atoms with Crippen molar-refractivity contribution < 1.29 is 19.3 Å². The van der Waals surface area contributed by atoms with Crippen molar-refractivity contribution in [3.05, 3.63) is 0 Å². The van der Waals surface area contributed by atoms with Crippen LogP contribution in [-0.2, 0) is 14.2 Å². The number of fused-ring (bicyclic) bond motifs is 1. The van der Waals surface area contributed by atoms with Gasteiger partial charge in [-0.1, -0.05) is 0 Å². The van der Waals surface area contributed by atoms with E-state index in [0.29, 0.717) is 0 Å². The number of rotatable bonds is 0. The van der Waals surface area contributed by atoms with E-state index < -0.39 is 24.4 Å². The molecule has 70 valence electrons. The predicted octanol–water partition coefficient (Wildman–Crippen LogP) is -0.860. The van der Waals surface area contributed by atoms with E-state index in [2.05, 4.69) is 0 Å². The van der Waals surface area contributed by atoms with Crippen molar-refractivity contribution in [3.63, 3.8) is 0 Å². The topological polar surface area (TPSA) is 73.9 Å². The molecule has 2 aliphatic heterocycles. The van der Waals surface area contributed by atoms with E-state index in [1.54, 1.807) is 13.8 Å². The van der Waals surface area contributed by atoms with Crippen LogP contribution < -0.4 is 5.73 Å². The molecule has 0 aliphatic carbocycles. The molecule has 0 radical (unpaired) electrons. The van der Waals surface area contributed by atoms with Crippen LogP contribution >= 0.6 is 0 Å². The molecule has 4 atom stereocenters. The lowest BCUT2D eigenvalue weighted by Gasteiger charge is -2.20. The Balaban J connectivity index is 2.15. The highest BCUT2D eigenvalue weighted by Crippen LogP contribution is 2.36. The van der Waals surface area contributed by atoms with Gasteiger partial charge in [0.1, 0.15) is 18.4 Å². The summed E-state index contributed by atoms with van der Waals surface area (Å²) in [6, 6.07) is 0. The van der Waals surface area contributed by atoms with Gasteiger partial charge in [0.25, 0.3) is 0 Å². The Hall–Kier alpha value is -0.200. The Bertz CT molecular complexity index is 178. The molecule has 2 fully saturated rings. The standard InChI is InChI=1S/C7H13NO4/c1-7(2)11-3-4(12-7)6(9)10-5(3)8/h3-6,9H,8H2,1-2H3/t3-,4-,5+,6+/m0/s1. The summed E-state index contributed by atoms with van der Waals surface area (Å²) in [5.74, 6) is -0.669. The summed E-state index contributed by atoms with van der Waals surface area (Å²) in [6.07, 6.45) is -2.36. The molecule has 0 amide bonds. The molecule has 0 spiro atoms. The van der Waals surface area contributed by atoms with Crippen LogP contribution in [0, 0.1) is 0 Å². The second kappa shape index (κ2) is 2.40. The van der Waals surface area contributed by atoms with Gasteiger partial charge in [-0.05, 0) is 13.8 Å². The average molecular weight is 175 g/mol. The van der Waals surface area contributed by atoms with Gasteiger partial charge in [0.2, 0.25) is 0 Å². The van der Waals surface area contributed by atoms with Crippen LogP contribution in [0.1, 0.15) is 13.8 Å². The molecule has 0 saturated carbocycles. The Morgan fingerprint density at radius 3 is 2.42 bits per heavy atom. The van der Waals surface area contributed by atoms with Gasteiger partial charge >= 0.3 is 0 Å². The Labute approximate surface area is 70.4 Å². The van der Waals surface area contributed by atoms with Gasteiger partial charge in [-0.15, -0.1) is 0 Å². The normalized spacial score (nSPS) is 51.0. The summed E-state index contributed by atoms with van der Waals surface area (Å²) in [4.78, 5) is 0. The molecular formula is C7H13NO4. The number of aliphatic hydroxyl groups is 1. The highest BCUT2D eigenvalue weighted by molar-refractivity contribution is 4.91. The zero-order chi connectivity index (χ0) is 8.93. The van der Waals surface area contributed by atoms with Gasteiger partial charge in [-0.3, -0.25) is 0 Å². The van der Waals surface area contributed by atoms with E-state index in [1.807, 2.05) is 0 Å². The van der Waals surface area contributed by atoms with Crippen LogP contribution in [0.25, 0.3) is 0 Å². The number of aliphatic hydroxyl groups excluding tert-OH is 1. The monoisotopic (exact) mass is 175 g/mol. The predicted molar refractivity (Wildman–Crippen MR) is 38.9 cm³/mol. The maximum atomic E-state index is 9.29. The van der Waals surface area contributed by atoms with Crippen LogP contribution in [0.4, 0.5) is 0 Å². The lowest BCUT2D eigenvalue weighted by atomic mass is 10.2. The molecule has 0 aromatic rings. The van der Waals surface area contributed by atoms with Crippen molar-refractivity contribution in [3.8, 4) is 0 Å². The van der Waals surface area contributed by atoms with Crippen molar-refractivity contribution in [1.82, 2.24) is 0 Å². The lowest BCUT2D eigenvalue weighted by molar-refractivity contribution is -0.219. The number of nitrogens with two attached hydrogens (primary N) is 1. The van der Waals surface area contributed by atoms with Crippen LogP contribution in [0.5, 0.6) is 0 Å². The summed E-state index contributed by atoms with van der Waals surface area (Å²) < 4.78 is 15.7. The summed E-state index contributed by atoms with van der Waals surface area (Å²) in [5, 5.41) is 9.29. The third-order valence-electron chi connectivity index (χ3n) is 2.07. The molecule has 0 aromatic heterocycles. The minimum absolute atomic E-state index is 0.352. The maximum absolute atomic E-state index is 9.29. The Kier molecular flexibility index (Phi) is 1.68. The molecule has 0 bridgehead atoms. The van der Waals surface area contributed by atoms with Crippen LogP contribution in [0.15, 0.2) is 0 Å². The molecule has 0 aromatic carbocycles. The van der Waals surface area contributed by atoms with Gasteiger partial charge in [0, 0.05) is 0 Å². The van der Waals surface area contributed by atoms with E-state index in [4.69, 9.17) is 19.9 Å². The van der Waals surface area contributed by atoms with E-state index in [-0.39, 0.29) is 6.10 Å². The molecule has 12 heavy (non-hydrogen) atoms. The Morgan fingerprint density at radius 2 is 1.83 bits per heavy atom. The third-order valence-corrected chi connectivity index (χ3v) is 2.07. The molecule has 5 nitrogen and oxygen atoms in total. The van der Waals surface area contributed by atoms with Crippen molar-refractivity contribution in [2.45, 2.75) is 44.4 Å². The molecule has 0 unspecified atom stereocenters. The fraction of sp³-hybridized carbons (Fsp3) is 1.00. The summed E-state index contributed by atoms with van der Waals surface area (Å²) in [6.45, 7) is 3.56. The summed E-state index contributed by atoms with van der Waals surface area (Å²) >= 11 is 0. The van der Waals surface area contributed by atoms with Gasteiger partial charge < -0.3 is 25.1 Å². The highest BCUT2D eigenvalue weighted by atomic mass is 16.8. The first kappa shape index (κ1) is 8.40. The van der Waals surface area contributed by atoms with Crippen molar-refractivity contribution in [2.75, 3.05) is 0 Å². The smallest absolute Gasteiger partial charge is 0.186 e. The van der Waals surface area contributed by atoms with E-state index in [1.165, 1.54) is 0 Å². The first-order valence-electron chi connectivity index (χ1n) is 3.94. The molecular weight excluding hydrogens is 162 g/mol. The number of hydrogen-bond donors (Lipinski definition) is 2. The SMILES string of the molecule is CC1(C)O[C@H]2[C@H](O1)[C@H](O)O[C@H]2N. The second-order valence-electron chi connectivity index (χ2n) is 3.56. The van der Waals surface area contributed by atoms with E-state index >= 15 is 0 Å². The van der Waals surface area contributed by atoms with Gasteiger partial charge in [0.05, 0.1) is 0 Å². The zero-order valence-corrected chi connectivity index (χ0v) is 7.06. The summed E-state index contributed by atoms with van der Waals surface area (Å²) in [5.41, 5.74) is 5.54. The first-order chi connectivity index (χ1) is 5.49. The van der Waals surface area contributed by atoms with Crippen molar-refractivity contribution >= 4 is 0 Å². The fourth-order valence-corrected chi connectivity index (χ4v) is 1.61. The average Bonchev–Trinajstić information content (AvgIpc) is 2.34. The molecule has 5 heteroatoms. The van der Waals surface area contributed by atoms with E-state index in [9.17, 15) is 5.11 Å². The first-order valence-corrected chi connectivity index (χ1v) is 3.94. The van der Waals surface area contributed by atoms with Crippen LogP contribution in [0.2, 0.25) is 0 Å². The lowest BCUT2D eigenvalue weighted by Crippen LogP contribution is -2.35. The fourth-order valence-electron chi connectivity index (χ4n) is 1.61. The number of ether oxygens (including phenoxy) is 3. The Morgan fingerprint density at radius 1 is 1.25 bits per heavy atom. The molecule has 3 N–H and O–H groups in total. The van der Waals surface area contributed by atoms with E-state index in [0.717, 1.165) is 0 Å². The molecule has 2 aliphatic rings. The molecule has 2 heterocycles. The van der Waals surface area contributed by atoms with Crippen molar-refractivity contribution in [1.29, 1.82) is 0 Å². The van der Waals surface area contributed by atoms with Crippen LogP contribution in [-0.4, -0.2) is 35.6 Å². The summed E-state index contributed by atoms with van der Waals surface area (Å²) in [7, 11) is 0. The van der Waals surface area contributed by atoms with Gasteiger partial charge in [-0.25, -0.2) is 0 Å². The minimum atomic E-state index is -0.966. The quantitative estimate of drug-likeness (QED) is 0.501. The van der Waals surface area contributed by atoms with Gasteiger partial charge in [0.15, 0.2) is 12.1 Å². The van der Waals surface area contributed by atoms with Crippen molar-refractivity contribution in [2.24, 2.45) is 5.73 Å². The number of hydrogen-bond acceptors (Lipinski definition) is 5. The molecule has 2 saturated heterocycles. The highest BCUT2D eigenvalue weighted by Gasteiger charge is 2.53. The minimum Gasteiger partial charge on any atom is -0.366 e. The largest absolute Gasteiger partial charge is 0.366 e. The van der Waals surface area contributed by atoms with Crippen LogP contribution in [0.3, 0.4) is 0 Å². The third kappa shape index (κ3) is 1.14. The zero-order valence-electron chi connectivity index (χ0n) is 7.06. The molecule has 2 rings (SSSR count).